The molecule has 2 rings (SSSR count). The Morgan fingerprint density at radius 3 is 2.81 bits per heavy atom. The topological polar surface area (TPSA) is 67.2 Å². The van der Waals surface area contributed by atoms with Crippen molar-refractivity contribution < 1.29 is 9.90 Å². The van der Waals surface area contributed by atoms with Gasteiger partial charge >= 0.3 is 0 Å². The summed E-state index contributed by atoms with van der Waals surface area (Å²) in [7, 11) is 0. The van der Waals surface area contributed by atoms with Crippen molar-refractivity contribution in [3.8, 4) is 11.8 Å². The maximum atomic E-state index is 11.9. The maximum absolute atomic E-state index is 11.9. The van der Waals surface area contributed by atoms with Gasteiger partial charge in [0.1, 0.15) is 0 Å². The zero-order chi connectivity index (χ0) is 14.9. The maximum Gasteiger partial charge on any atom is 0.251 e. The number of aromatic nitrogens is 2. The van der Waals surface area contributed by atoms with Gasteiger partial charge in [0.25, 0.3) is 5.91 Å². The number of hydrogen-bond donors (Lipinski definition) is 2. The third-order valence-corrected chi connectivity index (χ3v) is 2.83. The minimum Gasteiger partial charge on any atom is -0.395 e. The fourth-order valence-electron chi connectivity index (χ4n) is 1.74. The molecule has 0 saturated heterocycles. The van der Waals surface area contributed by atoms with Gasteiger partial charge in [0.15, 0.2) is 0 Å². The van der Waals surface area contributed by atoms with Gasteiger partial charge < -0.3 is 15.0 Å². The molecule has 5 heteroatoms. The number of rotatable bonds is 5. The molecule has 0 unspecified atom stereocenters. The van der Waals surface area contributed by atoms with E-state index in [1.54, 1.807) is 36.8 Å². The van der Waals surface area contributed by atoms with E-state index in [4.69, 9.17) is 5.11 Å². The fraction of sp³-hybridized carbons (Fsp3) is 0.250. The predicted octanol–water partition coefficient (Wildman–Crippen LogP) is 1.05. The molecule has 21 heavy (non-hydrogen) atoms. The predicted molar refractivity (Wildman–Crippen MR) is 79.6 cm³/mol. The SMILES string of the molecule is O=C(NCCn1ccnc1)c1ccc(C#CCCO)cc1. The second-order valence-corrected chi connectivity index (χ2v) is 4.41. The highest BCUT2D eigenvalue weighted by Crippen LogP contribution is 2.03. The first-order valence-corrected chi connectivity index (χ1v) is 6.73. The van der Waals surface area contributed by atoms with Crippen molar-refractivity contribution in [2.75, 3.05) is 13.2 Å². The molecule has 108 valence electrons. The summed E-state index contributed by atoms with van der Waals surface area (Å²) in [6, 6.07) is 7.09. The Morgan fingerprint density at radius 1 is 1.33 bits per heavy atom. The normalized spacial score (nSPS) is 9.76. The van der Waals surface area contributed by atoms with Gasteiger partial charge in [0.2, 0.25) is 0 Å². The molecule has 0 bridgehead atoms. The Labute approximate surface area is 123 Å². The summed E-state index contributed by atoms with van der Waals surface area (Å²) < 4.78 is 1.90. The van der Waals surface area contributed by atoms with E-state index < -0.39 is 0 Å². The van der Waals surface area contributed by atoms with Crippen LogP contribution in [0, 0.1) is 11.8 Å². The summed E-state index contributed by atoms with van der Waals surface area (Å²) in [5.74, 6) is 5.66. The van der Waals surface area contributed by atoms with E-state index in [1.165, 1.54) is 0 Å². The quantitative estimate of drug-likeness (QED) is 0.806. The first-order valence-electron chi connectivity index (χ1n) is 6.73. The molecule has 0 spiro atoms. The number of amides is 1. The van der Waals surface area contributed by atoms with Crippen molar-refractivity contribution in [2.45, 2.75) is 13.0 Å². The number of carbonyl (C=O) groups excluding carboxylic acids is 1. The van der Waals surface area contributed by atoms with E-state index in [0.29, 0.717) is 25.1 Å². The van der Waals surface area contributed by atoms with Crippen LogP contribution in [-0.4, -0.2) is 33.7 Å². The zero-order valence-corrected chi connectivity index (χ0v) is 11.6. The highest BCUT2D eigenvalue weighted by Gasteiger charge is 2.04. The van der Waals surface area contributed by atoms with Crippen LogP contribution in [-0.2, 0) is 6.54 Å². The number of imidazole rings is 1. The molecule has 0 atom stereocenters. The Kier molecular flexibility index (Phi) is 5.56. The van der Waals surface area contributed by atoms with Gasteiger partial charge in [-0.15, -0.1) is 0 Å². The molecular formula is C16H17N3O2. The van der Waals surface area contributed by atoms with Crippen molar-refractivity contribution in [1.82, 2.24) is 14.9 Å². The summed E-state index contributed by atoms with van der Waals surface area (Å²) in [5.41, 5.74) is 1.44. The molecular weight excluding hydrogens is 266 g/mol. The Bertz CT molecular complexity index is 622. The summed E-state index contributed by atoms with van der Waals surface area (Å²) in [6.45, 7) is 1.30. The van der Waals surface area contributed by atoms with E-state index in [0.717, 1.165) is 5.56 Å². The molecule has 5 nitrogen and oxygen atoms in total. The number of nitrogens with zero attached hydrogens (tertiary/aromatic N) is 2. The minimum atomic E-state index is -0.106. The van der Waals surface area contributed by atoms with Crippen LogP contribution in [0.4, 0.5) is 0 Å². The van der Waals surface area contributed by atoms with Crippen LogP contribution < -0.4 is 5.32 Å². The highest BCUT2D eigenvalue weighted by molar-refractivity contribution is 5.94. The first-order chi connectivity index (χ1) is 10.3. The van der Waals surface area contributed by atoms with Gasteiger partial charge in [-0.25, -0.2) is 4.98 Å². The monoisotopic (exact) mass is 283 g/mol. The van der Waals surface area contributed by atoms with Crippen LogP contribution in [0.2, 0.25) is 0 Å². The number of benzene rings is 1. The molecule has 1 aromatic carbocycles. The molecule has 0 aliphatic heterocycles. The Morgan fingerprint density at radius 2 is 2.14 bits per heavy atom. The van der Waals surface area contributed by atoms with Gasteiger partial charge in [0.05, 0.1) is 12.9 Å². The molecule has 2 N–H and O–H groups in total. The average molecular weight is 283 g/mol. The lowest BCUT2D eigenvalue weighted by Gasteiger charge is -2.05. The Hall–Kier alpha value is -2.58. The third kappa shape index (κ3) is 4.79. The number of aliphatic hydroxyl groups excluding tert-OH is 1. The molecule has 1 heterocycles. The van der Waals surface area contributed by atoms with E-state index >= 15 is 0 Å². The van der Waals surface area contributed by atoms with Crippen LogP contribution in [0.3, 0.4) is 0 Å². The highest BCUT2D eigenvalue weighted by atomic mass is 16.2. The van der Waals surface area contributed by atoms with Gasteiger partial charge in [-0.3, -0.25) is 4.79 Å². The first kappa shape index (κ1) is 14.8. The third-order valence-electron chi connectivity index (χ3n) is 2.83. The molecule has 1 aromatic heterocycles. The second kappa shape index (κ2) is 7.88. The zero-order valence-electron chi connectivity index (χ0n) is 11.6. The van der Waals surface area contributed by atoms with Gasteiger partial charge in [-0.1, -0.05) is 11.8 Å². The summed E-state index contributed by atoms with van der Waals surface area (Å²) >= 11 is 0. The van der Waals surface area contributed by atoms with Crippen molar-refractivity contribution in [3.63, 3.8) is 0 Å². The summed E-state index contributed by atoms with van der Waals surface area (Å²) in [4.78, 5) is 15.9. The Balaban J connectivity index is 1.83. The van der Waals surface area contributed by atoms with Crippen molar-refractivity contribution in [1.29, 1.82) is 0 Å². The lowest BCUT2D eigenvalue weighted by Crippen LogP contribution is -2.26. The van der Waals surface area contributed by atoms with Crippen LogP contribution in [0.1, 0.15) is 22.3 Å². The molecule has 0 aliphatic carbocycles. The van der Waals surface area contributed by atoms with E-state index in [9.17, 15) is 4.79 Å². The van der Waals surface area contributed by atoms with Gasteiger partial charge in [0, 0.05) is 43.0 Å². The smallest absolute Gasteiger partial charge is 0.251 e. The van der Waals surface area contributed by atoms with E-state index in [-0.39, 0.29) is 12.5 Å². The summed E-state index contributed by atoms with van der Waals surface area (Å²) in [5, 5.41) is 11.5. The van der Waals surface area contributed by atoms with Crippen LogP contribution in [0.25, 0.3) is 0 Å². The van der Waals surface area contributed by atoms with Crippen LogP contribution >= 0.6 is 0 Å². The number of nitrogens with one attached hydrogen (secondary N) is 1. The van der Waals surface area contributed by atoms with Crippen LogP contribution in [0.5, 0.6) is 0 Å². The average Bonchev–Trinajstić information content (AvgIpc) is 3.01. The molecule has 2 aromatic rings. The molecule has 1 amide bonds. The lowest BCUT2D eigenvalue weighted by atomic mass is 10.1. The van der Waals surface area contributed by atoms with Crippen molar-refractivity contribution in [3.05, 3.63) is 54.1 Å². The van der Waals surface area contributed by atoms with Crippen molar-refractivity contribution >= 4 is 5.91 Å². The van der Waals surface area contributed by atoms with Crippen LogP contribution in [0.15, 0.2) is 43.0 Å². The number of carbonyl (C=O) groups is 1. The standard InChI is InChI=1S/C16H17N3O2/c20-12-2-1-3-14-4-6-15(7-5-14)16(21)18-9-11-19-10-8-17-13-19/h4-8,10,13,20H,2,9,11-12H2,(H,18,21). The molecule has 0 saturated carbocycles. The lowest BCUT2D eigenvalue weighted by molar-refractivity contribution is 0.0952. The van der Waals surface area contributed by atoms with E-state index in [1.807, 2.05) is 10.8 Å². The van der Waals surface area contributed by atoms with Crippen molar-refractivity contribution in [2.24, 2.45) is 0 Å². The number of hydrogen-bond acceptors (Lipinski definition) is 3. The van der Waals surface area contributed by atoms with Gasteiger partial charge in [-0.2, -0.15) is 0 Å². The second-order valence-electron chi connectivity index (χ2n) is 4.41. The summed E-state index contributed by atoms with van der Waals surface area (Å²) in [6.07, 6.45) is 5.73. The molecule has 0 fully saturated rings. The minimum absolute atomic E-state index is 0.0599. The largest absolute Gasteiger partial charge is 0.395 e. The fourth-order valence-corrected chi connectivity index (χ4v) is 1.74. The number of aliphatic hydroxyl groups is 1. The van der Waals surface area contributed by atoms with E-state index in [2.05, 4.69) is 22.1 Å². The van der Waals surface area contributed by atoms with Gasteiger partial charge in [-0.05, 0) is 24.3 Å². The molecule has 0 radical (unpaired) electrons. The molecule has 0 aliphatic rings.